The number of fused-ring (bicyclic) bond motifs is 4. The Kier molecular flexibility index (Phi) is 3.10. The molecule has 0 saturated heterocycles. The van der Waals surface area contributed by atoms with Crippen LogP contribution in [0.2, 0.25) is 0 Å². The normalized spacial score (nSPS) is 28.6. The van der Waals surface area contributed by atoms with Crippen LogP contribution in [0, 0.1) is 5.92 Å². The second-order valence-corrected chi connectivity index (χ2v) is 8.14. The number of rotatable bonds is 0. The zero-order valence-electron chi connectivity index (χ0n) is 14.3. The molecule has 2 atom stereocenters. The van der Waals surface area contributed by atoms with E-state index in [2.05, 4.69) is 13.0 Å². The number of aryl methyl sites for hydroxylation is 2. The Morgan fingerprint density at radius 3 is 2.83 bits per heavy atom. The summed E-state index contributed by atoms with van der Waals surface area (Å²) in [5.41, 5.74) is 3.98. The third kappa shape index (κ3) is 2.13. The van der Waals surface area contributed by atoms with Crippen LogP contribution in [0.25, 0.3) is 11.0 Å². The van der Waals surface area contributed by atoms with E-state index in [0.717, 1.165) is 67.6 Å². The van der Waals surface area contributed by atoms with Crippen LogP contribution in [-0.2, 0) is 19.3 Å². The minimum Gasteiger partial charge on any atom is -0.487 e. The number of hydrogen-bond donors (Lipinski definition) is 0. The zero-order chi connectivity index (χ0) is 16.3. The van der Waals surface area contributed by atoms with E-state index < -0.39 is 0 Å². The van der Waals surface area contributed by atoms with Gasteiger partial charge in [-0.25, -0.2) is 4.79 Å². The first kappa shape index (κ1) is 14.6. The average molecular weight is 324 g/mol. The van der Waals surface area contributed by atoms with Crippen molar-refractivity contribution in [2.75, 3.05) is 0 Å². The first-order valence-corrected chi connectivity index (χ1v) is 9.44. The lowest BCUT2D eigenvalue weighted by Crippen LogP contribution is -2.43. The van der Waals surface area contributed by atoms with Crippen LogP contribution >= 0.6 is 0 Å². The molecule has 2 aliphatic carbocycles. The molecule has 126 valence electrons. The maximum Gasteiger partial charge on any atom is 0.339 e. The molecule has 0 radical (unpaired) electrons. The lowest BCUT2D eigenvalue weighted by Gasteiger charge is -2.43. The fourth-order valence-electron chi connectivity index (χ4n) is 5.22. The van der Waals surface area contributed by atoms with Crippen molar-refractivity contribution in [1.82, 2.24) is 0 Å². The third-order valence-electron chi connectivity index (χ3n) is 6.38. The SMILES string of the molecule is CC1CCC[C@]2(CCc3cc4c5c(c(=O)oc4cc3O2)CCC5)C1. The van der Waals surface area contributed by atoms with Gasteiger partial charge < -0.3 is 9.15 Å². The lowest BCUT2D eigenvalue weighted by atomic mass is 9.74. The Bertz CT molecular complexity index is 879. The van der Waals surface area contributed by atoms with E-state index >= 15 is 0 Å². The molecule has 1 aliphatic heterocycles. The van der Waals surface area contributed by atoms with Gasteiger partial charge in [-0.2, -0.15) is 0 Å². The highest BCUT2D eigenvalue weighted by atomic mass is 16.5. The standard InChI is InChI=1S/C21H24O3/c1-13-4-3-8-21(12-13)9-7-14-10-17-15-5-2-6-16(15)20(22)23-19(17)11-18(14)24-21/h10-11,13H,2-9,12H2,1H3/t13?,21-/m0/s1. The van der Waals surface area contributed by atoms with Gasteiger partial charge in [0.1, 0.15) is 16.9 Å². The average Bonchev–Trinajstić information content (AvgIpc) is 3.04. The Balaban J connectivity index is 1.61. The molecule has 1 saturated carbocycles. The monoisotopic (exact) mass is 324 g/mol. The molecule has 0 N–H and O–H groups in total. The molecule has 0 amide bonds. The van der Waals surface area contributed by atoms with E-state index in [1.54, 1.807) is 0 Å². The Labute approximate surface area is 142 Å². The molecule has 0 bridgehead atoms. The molecule has 3 heteroatoms. The molecule has 1 spiro atoms. The molecule has 1 unspecified atom stereocenters. The van der Waals surface area contributed by atoms with Gasteiger partial charge in [0, 0.05) is 17.0 Å². The summed E-state index contributed by atoms with van der Waals surface area (Å²) in [7, 11) is 0. The number of benzene rings is 1. The topological polar surface area (TPSA) is 39.4 Å². The van der Waals surface area contributed by atoms with Crippen LogP contribution in [0.4, 0.5) is 0 Å². The summed E-state index contributed by atoms with van der Waals surface area (Å²) in [5.74, 6) is 1.69. The molecule has 1 aromatic heterocycles. The van der Waals surface area contributed by atoms with Crippen LogP contribution in [-0.4, -0.2) is 5.60 Å². The van der Waals surface area contributed by atoms with Crippen molar-refractivity contribution in [3.05, 3.63) is 39.2 Å². The maximum atomic E-state index is 12.2. The van der Waals surface area contributed by atoms with Crippen molar-refractivity contribution in [1.29, 1.82) is 0 Å². The van der Waals surface area contributed by atoms with Crippen LogP contribution in [0.5, 0.6) is 5.75 Å². The molecule has 5 rings (SSSR count). The second-order valence-electron chi connectivity index (χ2n) is 8.14. The zero-order valence-corrected chi connectivity index (χ0v) is 14.3. The molecular formula is C21H24O3. The van der Waals surface area contributed by atoms with Gasteiger partial charge in [0.15, 0.2) is 0 Å². The van der Waals surface area contributed by atoms with Gasteiger partial charge in [-0.1, -0.05) is 13.3 Å². The highest BCUT2D eigenvalue weighted by molar-refractivity contribution is 5.84. The molecular weight excluding hydrogens is 300 g/mol. The molecule has 2 aromatic rings. The van der Waals surface area contributed by atoms with Crippen molar-refractivity contribution >= 4 is 11.0 Å². The largest absolute Gasteiger partial charge is 0.487 e. The highest BCUT2D eigenvalue weighted by Gasteiger charge is 2.40. The first-order valence-electron chi connectivity index (χ1n) is 9.44. The van der Waals surface area contributed by atoms with Crippen molar-refractivity contribution in [3.63, 3.8) is 0 Å². The minimum atomic E-state index is -0.147. The van der Waals surface area contributed by atoms with E-state index in [-0.39, 0.29) is 11.2 Å². The van der Waals surface area contributed by atoms with Gasteiger partial charge in [0.05, 0.1) is 0 Å². The van der Waals surface area contributed by atoms with Gasteiger partial charge in [0.25, 0.3) is 0 Å². The summed E-state index contributed by atoms with van der Waals surface area (Å²) in [6.07, 6.45) is 10.0. The summed E-state index contributed by atoms with van der Waals surface area (Å²) in [5, 5.41) is 1.14. The van der Waals surface area contributed by atoms with Crippen molar-refractivity contribution < 1.29 is 9.15 Å². The fraction of sp³-hybridized carbons (Fsp3) is 0.571. The predicted molar refractivity (Wildman–Crippen MR) is 93.8 cm³/mol. The van der Waals surface area contributed by atoms with E-state index in [0.29, 0.717) is 5.58 Å². The molecule has 1 aromatic carbocycles. The lowest BCUT2D eigenvalue weighted by molar-refractivity contribution is -0.00579. The maximum absolute atomic E-state index is 12.2. The predicted octanol–water partition coefficient (Wildman–Crippen LogP) is 4.56. The first-order chi connectivity index (χ1) is 11.6. The third-order valence-corrected chi connectivity index (χ3v) is 6.38. The van der Waals surface area contributed by atoms with Gasteiger partial charge in [-0.05, 0) is 74.5 Å². The van der Waals surface area contributed by atoms with Crippen molar-refractivity contribution in [3.8, 4) is 5.75 Å². The van der Waals surface area contributed by atoms with E-state index in [9.17, 15) is 4.79 Å². The van der Waals surface area contributed by atoms with E-state index in [4.69, 9.17) is 9.15 Å². The molecule has 3 aliphatic rings. The molecule has 24 heavy (non-hydrogen) atoms. The van der Waals surface area contributed by atoms with Gasteiger partial charge in [0.2, 0.25) is 0 Å². The fourth-order valence-corrected chi connectivity index (χ4v) is 5.22. The minimum absolute atomic E-state index is 0.00929. The van der Waals surface area contributed by atoms with Crippen LogP contribution < -0.4 is 10.4 Å². The highest BCUT2D eigenvalue weighted by Crippen LogP contribution is 2.45. The van der Waals surface area contributed by atoms with E-state index in [1.165, 1.54) is 24.0 Å². The summed E-state index contributed by atoms with van der Waals surface area (Å²) in [4.78, 5) is 12.2. The Hall–Kier alpha value is -1.77. The molecule has 3 nitrogen and oxygen atoms in total. The van der Waals surface area contributed by atoms with Crippen LogP contribution in [0.3, 0.4) is 0 Å². The molecule has 2 heterocycles. The van der Waals surface area contributed by atoms with E-state index in [1.807, 2.05) is 6.07 Å². The van der Waals surface area contributed by atoms with Crippen LogP contribution in [0.15, 0.2) is 21.3 Å². The Morgan fingerprint density at radius 2 is 1.96 bits per heavy atom. The van der Waals surface area contributed by atoms with Crippen molar-refractivity contribution in [2.45, 2.75) is 70.3 Å². The summed E-state index contributed by atoms with van der Waals surface area (Å²) in [6.45, 7) is 2.34. The summed E-state index contributed by atoms with van der Waals surface area (Å²) < 4.78 is 12.2. The van der Waals surface area contributed by atoms with Gasteiger partial charge in [-0.15, -0.1) is 0 Å². The van der Waals surface area contributed by atoms with Crippen LogP contribution in [0.1, 0.15) is 62.1 Å². The smallest absolute Gasteiger partial charge is 0.339 e. The number of ether oxygens (including phenoxy) is 1. The quantitative estimate of drug-likeness (QED) is 0.667. The summed E-state index contributed by atoms with van der Waals surface area (Å²) >= 11 is 0. The second kappa shape index (κ2) is 5.11. The van der Waals surface area contributed by atoms with Gasteiger partial charge in [-0.3, -0.25) is 0 Å². The summed E-state index contributed by atoms with van der Waals surface area (Å²) in [6, 6.07) is 4.22. The number of hydrogen-bond acceptors (Lipinski definition) is 3. The Morgan fingerprint density at radius 1 is 1.08 bits per heavy atom. The van der Waals surface area contributed by atoms with Crippen molar-refractivity contribution in [2.24, 2.45) is 5.92 Å². The van der Waals surface area contributed by atoms with Gasteiger partial charge >= 0.3 is 5.63 Å². The molecule has 1 fully saturated rings.